The van der Waals surface area contributed by atoms with E-state index in [1.807, 2.05) is 29.2 Å². The molecule has 1 aromatic carbocycles. The lowest BCUT2D eigenvalue weighted by Gasteiger charge is -2.41. The Balaban J connectivity index is 1.84. The Kier molecular flexibility index (Phi) is 3.73. The van der Waals surface area contributed by atoms with Crippen molar-refractivity contribution < 1.29 is 4.79 Å². The smallest absolute Gasteiger partial charge is 0.240 e. The number of benzene rings is 1. The van der Waals surface area contributed by atoms with Crippen LogP contribution in [0.2, 0.25) is 5.02 Å². The van der Waals surface area contributed by atoms with Crippen LogP contribution in [0.4, 0.5) is 0 Å². The van der Waals surface area contributed by atoms with Gasteiger partial charge in [-0.3, -0.25) is 4.79 Å². The van der Waals surface area contributed by atoms with Crippen molar-refractivity contribution in [2.75, 3.05) is 26.2 Å². The van der Waals surface area contributed by atoms with Crippen LogP contribution >= 0.6 is 11.6 Å². The summed E-state index contributed by atoms with van der Waals surface area (Å²) < 4.78 is 0. The topological polar surface area (TPSA) is 44.4 Å². The van der Waals surface area contributed by atoms with Gasteiger partial charge < -0.3 is 15.5 Å². The molecule has 4 nitrogen and oxygen atoms in total. The Morgan fingerprint density at radius 2 is 2.11 bits per heavy atom. The fourth-order valence-electron chi connectivity index (χ4n) is 2.69. The quantitative estimate of drug-likeness (QED) is 0.854. The fourth-order valence-corrected chi connectivity index (χ4v) is 2.95. The van der Waals surface area contributed by atoms with Crippen LogP contribution in [-0.4, -0.2) is 43.0 Å². The number of nitrogens with one attached hydrogen (secondary N) is 2. The van der Waals surface area contributed by atoms with Gasteiger partial charge in [-0.15, -0.1) is 0 Å². The van der Waals surface area contributed by atoms with Crippen LogP contribution in [-0.2, 0) is 4.79 Å². The Labute approximate surface area is 118 Å². The van der Waals surface area contributed by atoms with Crippen molar-refractivity contribution in [1.29, 1.82) is 0 Å². The van der Waals surface area contributed by atoms with Crippen LogP contribution in [0.1, 0.15) is 18.0 Å². The van der Waals surface area contributed by atoms with E-state index in [2.05, 4.69) is 10.6 Å². The summed E-state index contributed by atoms with van der Waals surface area (Å²) >= 11 is 6.27. The molecule has 2 N–H and O–H groups in total. The predicted octanol–water partition coefficient (Wildman–Crippen LogP) is 1.17. The maximum absolute atomic E-state index is 12.5. The Bertz CT molecular complexity index is 476. The average molecular weight is 280 g/mol. The van der Waals surface area contributed by atoms with E-state index in [0.29, 0.717) is 0 Å². The zero-order valence-electron chi connectivity index (χ0n) is 10.7. The molecule has 0 spiro atoms. The van der Waals surface area contributed by atoms with Crippen molar-refractivity contribution in [3.05, 3.63) is 34.9 Å². The molecule has 2 atom stereocenters. The standard InChI is InChI=1S/C14H18ClN3O/c15-11-4-2-1-3-10(11)13-9-16-7-8-18(13)14(19)12-5-6-17-12/h1-4,12-13,16-17H,5-9H2/t12-,13?/m1/s1. The predicted molar refractivity (Wildman–Crippen MR) is 75.2 cm³/mol. The van der Waals surface area contributed by atoms with Crippen LogP contribution in [0, 0.1) is 0 Å². The monoisotopic (exact) mass is 279 g/mol. The summed E-state index contributed by atoms with van der Waals surface area (Å²) in [5.74, 6) is 0.206. The van der Waals surface area contributed by atoms with E-state index in [9.17, 15) is 4.79 Å². The highest BCUT2D eigenvalue weighted by Gasteiger charge is 2.35. The molecule has 0 aromatic heterocycles. The van der Waals surface area contributed by atoms with Crippen molar-refractivity contribution in [3.63, 3.8) is 0 Å². The third-order valence-electron chi connectivity index (χ3n) is 3.91. The molecule has 0 radical (unpaired) electrons. The number of piperazine rings is 1. The summed E-state index contributed by atoms with van der Waals surface area (Å²) in [6.45, 7) is 3.30. The van der Waals surface area contributed by atoms with E-state index in [-0.39, 0.29) is 18.0 Å². The van der Waals surface area contributed by atoms with E-state index < -0.39 is 0 Å². The third kappa shape index (κ3) is 2.48. The largest absolute Gasteiger partial charge is 0.332 e. The molecule has 2 saturated heterocycles. The normalized spacial score (nSPS) is 26.9. The highest BCUT2D eigenvalue weighted by atomic mass is 35.5. The number of amides is 1. The summed E-state index contributed by atoms with van der Waals surface area (Å²) in [7, 11) is 0. The summed E-state index contributed by atoms with van der Waals surface area (Å²) in [4.78, 5) is 14.4. The lowest BCUT2D eigenvalue weighted by molar-refractivity contribution is -0.138. The first-order valence-corrected chi connectivity index (χ1v) is 7.14. The second-order valence-corrected chi connectivity index (χ2v) is 5.48. The van der Waals surface area contributed by atoms with Crippen LogP contribution in [0.5, 0.6) is 0 Å². The molecule has 0 bridgehead atoms. The van der Waals surface area contributed by atoms with Crippen LogP contribution < -0.4 is 10.6 Å². The average Bonchev–Trinajstić information content (AvgIpc) is 2.37. The molecular formula is C14H18ClN3O. The van der Waals surface area contributed by atoms with Gasteiger partial charge in [0.05, 0.1) is 12.1 Å². The van der Waals surface area contributed by atoms with Gasteiger partial charge in [0.25, 0.3) is 0 Å². The number of carbonyl (C=O) groups excluding carboxylic acids is 1. The molecule has 3 rings (SSSR count). The van der Waals surface area contributed by atoms with E-state index in [4.69, 9.17) is 11.6 Å². The number of hydrogen-bond acceptors (Lipinski definition) is 3. The molecule has 102 valence electrons. The lowest BCUT2D eigenvalue weighted by atomic mass is 9.99. The van der Waals surface area contributed by atoms with Gasteiger partial charge in [0.1, 0.15) is 0 Å². The molecule has 0 aliphatic carbocycles. The van der Waals surface area contributed by atoms with Crippen LogP contribution in [0.25, 0.3) is 0 Å². The molecule has 2 heterocycles. The SMILES string of the molecule is O=C([C@H]1CCN1)N1CCNCC1c1ccccc1Cl. The van der Waals surface area contributed by atoms with E-state index >= 15 is 0 Å². The number of nitrogens with zero attached hydrogens (tertiary/aromatic N) is 1. The van der Waals surface area contributed by atoms with Crippen molar-refractivity contribution in [2.24, 2.45) is 0 Å². The molecule has 5 heteroatoms. The Morgan fingerprint density at radius 3 is 2.79 bits per heavy atom. The zero-order chi connectivity index (χ0) is 13.2. The molecule has 0 saturated carbocycles. The van der Waals surface area contributed by atoms with Gasteiger partial charge in [0.15, 0.2) is 0 Å². The van der Waals surface area contributed by atoms with E-state index in [0.717, 1.165) is 43.2 Å². The highest BCUT2D eigenvalue weighted by Crippen LogP contribution is 2.29. The van der Waals surface area contributed by atoms with Gasteiger partial charge >= 0.3 is 0 Å². The number of halogens is 1. The molecule has 1 unspecified atom stereocenters. The first-order valence-electron chi connectivity index (χ1n) is 6.76. The Morgan fingerprint density at radius 1 is 1.32 bits per heavy atom. The first kappa shape index (κ1) is 12.9. The first-order chi connectivity index (χ1) is 9.27. The molecule has 2 aliphatic heterocycles. The molecule has 19 heavy (non-hydrogen) atoms. The fraction of sp³-hybridized carbons (Fsp3) is 0.500. The molecule has 1 aromatic rings. The van der Waals surface area contributed by atoms with Crippen molar-refractivity contribution in [2.45, 2.75) is 18.5 Å². The van der Waals surface area contributed by atoms with Gasteiger partial charge in [-0.1, -0.05) is 29.8 Å². The zero-order valence-corrected chi connectivity index (χ0v) is 11.5. The summed E-state index contributed by atoms with van der Waals surface area (Å²) in [5, 5.41) is 7.26. The molecule has 2 fully saturated rings. The lowest BCUT2D eigenvalue weighted by Crippen LogP contribution is -2.58. The number of hydrogen-bond donors (Lipinski definition) is 2. The van der Waals surface area contributed by atoms with E-state index in [1.165, 1.54) is 0 Å². The molecule has 1 amide bonds. The van der Waals surface area contributed by atoms with Crippen molar-refractivity contribution >= 4 is 17.5 Å². The Hall–Kier alpha value is -1.10. The minimum Gasteiger partial charge on any atom is -0.332 e. The van der Waals surface area contributed by atoms with Gasteiger partial charge in [0.2, 0.25) is 5.91 Å². The number of rotatable bonds is 2. The van der Waals surface area contributed by atoms with Crippen molar-refractivity contribution in [1.82, 2.24) is 15.5 Å². The van der Waals surface area contributed by atoms with Gasteiger partial charge in [-0.2, -0.15) is 0 Å². The minimum absolute atomic E-state index is 0.00286. The van der Waals surface area contributed by atoms with Gasteiger partial charge in [-0.05, 0) is 24.6 Å². The second kappa shape index (κ2) is 5.49. The molecular weight excluding hydrogens is 262 g/mol. The summed E-state index contributed by atoms with van der Waals surface area (Å²) in [6.07, 6.45) is 0.942. The van der Waals surface area contributed by atoms with Gasteiger partial charge in [-0.25, -0.2) is 0 Å². The van der Waals surface area contributed by atoms with Crippen molar-refractivity contribution in [3.8, 4) is 0 Å². The number of carbonyl (C=O) groups is 1. The van der Waals surface area contributed by atoms with Gasteiger partial charge in [0, 0.05) is 24.7 Å². The van der Waals surface area contributed by atoms with E-state index in [1.54, 1.807) is 0 Å². The van der Waals surface area contributed by atoms with Crippen LogP contribution in [0.15, 0.2) is 24.3 Å². The third-order valence-corrected chi connectivity index (χ3v) is 4.26. The minimum atomic E-state index is 0.00286. The second-order valence-electron chi connectivity index (χ2n) is 5.07. The summed E-state index contributed by atoms with van der Waals surface area (Å²) in [6, 6.07) is 7.83. The maximum atomic E-state index is 12.5. The van der Waals surface area contributed by atoms with Crippen LogP contribution in [0.3, 0.4) is 0 Å². The highest BCUT2D eigenvalue weighted by molar-refractivity contribution is 6.31. The molecule has 2 aliphatic rings. The maximum Gasteiger partial charge on any atom is 0.240 e. The summed E-state index contributed by atoms with van der Waals surface area (Å²) in [5.41, 5.74) is 1.03.